The molecule has 0 spiro atoms. The first-order valence-corrected chi connectivity index (χ1v) is 9.33. The van der Waals surface area contributed by atoms with Crippen LogP contribution in [0.3, 0.4) is 0 Å². The Hall–Kier alpha value is -1.43. The number of hydrogen-bond donors (Lipinski definition) is 0. The molecular formula is C16H22FNO3S. The fraction of sp³-hybridized carbons (Fsp3) is 0.562. The topological polar surface area (TPSA) is 54.5 Å². The molecule has 1 aliphatic rings. The maximum atomic E-state index is 13.2. The maximum absolute atomic E-state index is 13.2. The van der Waals surface area contributed by atoms with Gasteiger partial charge in [0.05, 0.1) is 11.5 Å². The van der Waals surface area contributed by atoms with E-state index in [2.05, 4.69) is 0 Å². The smallest absolute Gasteiger partial charge is 0.223 e. The van der Waals surface area contributed by atoms with Gasteiger partial charge in [-0.05, 0) is 37.0 Å². The summed E-state index contributed by atoms with van der Waals surface area (Å²) in [6, 6.07) is 6.12. The van der Waals surface area contributed by atoms with Gasteiger partial charge in [0.15, 0.2) is 9.84 Å². The van der Waals surface area contributed by atoms with Crippen molar-refractivity contribution in [2.45, 2.75) is 32.7 Å². The number of carbonyl (C=O) groups is 1. The van der Waals surface area contributed by atoms with Crippen LogP contribution in [0.15, 0.2) is 24.3 Å². The summed E-state index contributed by atoms with van der Waals surface area (Å²) in [6.07, 6.45) is 0.977. The first kappa shape index (κ1) is 16.9. The first-order chi connectivity index (χ1) is 10.3. The average molecular weight is 327 g/mol. The van der Waals surface area contributed by atoms with Crippen LogP contribution >= 0.6 is 0 Å². The molecule has 0 unspecified atom stereocenters. The molecule has 6 heteroatoms. The van der Waals surface area contributed by atoms with Crippen molar-refractivity contribution in [1.82, 2.24) is 4.90 Å². The molecule has 2 atom stereocenters. The predicted molar refractivity (Wildman–Crippen MR) is 83.7 cm³/mol. The Morgan fingerprint density at radius 1 is 1.45 bits per heavy atom. The Morgan fingerprint density at radius 2 is 2.18 bits per heavy atom. The lowest BCUT2D eigenvalue weighted by Gasteiger charge is -2.34. The Kier molecular flexibility index (Phi) is 5.21. The van der Waals surface area contributed by atoms with E-state index in [4.69, 9.17) is 0 Å². The number of sulfone groups is 1. The van der Waals surface area contributed by atoms with Crippen LogP contribution in [0.4, 0.5) is 4.39 Å². The van der Waals surface area contributed by atoms with Gasteiger partial charge in [-0.2, -0.15) is 0 Å². The molecule has 0 aromatic heterocycles. The Bertz CT molecular complexity index is 645. The molecule has 0 saturated carbocycles. The second kappa shape index (κ2) is 6.77. The van der Waals surface area contributed by atoms with Crippen molar-refractivity contribution in [1.29, 1.82) is 0 Å². The van der Waals surface area contributed by atoms with E-state index in [1.807, 2.05) is 13.0 Å². The van der Waals surface area contributed by atoms with Gasteiger partial charge in [0.25, 0.3) is 0 Å². The Morgan fingerprint density at radius 3 is 2.82 bits per heavy atom. The van der Waals surface area contributed by atoms with Crippen LogP contribution in [-0.4, -0.2) is 43.3 Å². The number of rotatable bonds is 4. The molecule has 122 valence electrons. The molecule has 4 nitrogen and oxygen atoms in total. The van der Waals surface area contributed by atoms with Crippen LogP contribution in [0.5, 0.6) is 0 Å². The monoisotopic (exact) mass is 327 g/mol. The molecule has 22 heavy (non-hydrogen) atoms. The van der Waals surface area contributed by atoms with E-state index in [9.17, 15) is 17.6 Å². The number of halogens is 1. The number of carbonyl (C=O) groups excluding carboxylic acids is 1. The minimum atomic E-state index is -3.02. The molecule has 2 rings (SSSR count). The molecule has 1 fully saturated rings. The molecule has 1 aromatic rings. The summed E-state index contributed by atoms with van der Waals surface area (Å²) in [5.41, 5.74) is 0.870. The van der Waals surface area contributed by atoms with E-state index in [0.717, 1.165) is 5.56 Å². The van der Waals surface area contributed by atoms with Crippen molar-refractivity contribution in [3.63, 3.8) is 0 Å². The number of hydrogen-bond acceptors (Lipinski definition) is 3. The van der Waals surface area contributed by atoms with Gasteiger partial charge in [-0.15, -0.1) is 0 Å². The van der Waals surface area contributed by atoms with E-state index < -0.39 is 9.84 Å². The largest absolute Gasteiger partial charge is 0.338 e. The highest BCUT2D eigenvalue weighted by atomic mass is 32.2. The standard InChI is InChI=1S/C16H22FNO3S/c1-12(8-14-4-3-5-15(17)10-14)9-16(19)18-6-7-22(20,21)11-13(18)2/h3-5,10,12-13H,6-9,11H2,1-2H3/t12-,13+/m1/s1. The van der Waals surface area contributed by atoms with Crippen molar-refractivity contribution < 1.29 is 17.6 Å². The highest BCUT2D eigenvalue weighted by Gasteiger charge is 2.31. The van der Waals surface area contributed by atoms with Crippen LogP contribution in [0.1, 0.15) is 25.8 Å². The summed E-state index contributed by atoms with van der Waals surface area (Å²) in [5, 5.41) is 0. The summed E-state index contributed by atoms with van der Waals surface area (Å²) in [5.74, 6) is -0.129. The van der Waals surface area contributed by atoms with Crippen LogP contribution < -0.4 is 0 Å². The first-order valence-electron chi connectivity index (χ1n) is 7.51. The third kappa shape index (κ3) is 4.53. The minimum absolute atomic E-state index is 0.0219. The molecule has 0 radical (unpaired) electrons. The fourth-order valence-corrected chi connectivity index (χ4v) is 4.48. The summed E-state index contributed by atoms with van der Waals surface area (Å²) in [4.78, 5) is 14.0. The van der Waals surface area contributed by atoms with Crippen LogP contribution in [0.25, 0.3) is 0 Å². The Labute approximate surface area is 131 Å². The zero-order valence-electron chi connectivity index (χ0n) is 13.0. The molecule has 1 saturated heterocycles. The molecule has 0 N–H and O–H groups in total. The van der Waals surface area contributed by atoms with E-state index in [1.165, 1.54) is 12.1 Å². The van der Waals surface area contributed by atoms with Gasteiger partial charge in [0, 0.05) is 19.0 Å². The zero-order chi connectivity index (χ0) is 16.3. The normalized spacial score (nSPS) is 22.3. The van der Waals surface area contributed by atoms with Gasteiger partial charge >= 0.3 is 0 Å². The lowest BCUT2D eigenvalue weighted by atomic mass is 9.97. The van der Waals surface area contributed by atoms with E-state index in [-0.39, 0.29) is 41.7 Å². The molecule has 1 heterocycles. The quantitative estimate of drug-likeness (QED) is 0.850. The van der Waals surface area contributed by atoms with E-state index in [1.54, 1.807) is 17.9 Å². The van der Waals surface area contributed by atoms with E-state index in [0.29, 0.717) is 12.8 Å². The molecule has 0 bridgehead atoms. The summed E-state index contributed by atoms with van der Waals surface area (Å²) in [6.45, 7) is 4.00. The average Bonchev–Trinajstić information content (AvgIpc) is 2.36. The highest BCUT2D eigenvalue weighted by Crippen LogP contribution is 2.18. The minimum Gasteiger partial charge on any atom is -0.338 e. The third-order valence-corrected chi connectivity index (χ3v) is 5.78. The number of nitrogens with zero attached hydrogens (tertiary/aromatic N) is 1. The van der Waals surface area contributed by atoms with Gasteiger partial charge in [0.2, 0.25) is 5.91 Å². The van der Waals surface area contributed by atoms with Gasteiger partial charge in [-0.25, -0.2) is 12.8 Å². The van der Waals surface area contributed by atoms with E-state index >= 15 is 0 Å². The molecule has 1 amide bonds. The Balaban J connectivity index is 1.91. The fourth-order valence-electron chi connectivity index (χ4n) is 2.92. The van der Waals surface area contributed by atoms with Crippen LogP contribution in [-0.2, 0) is 21.1 Å². The second-order valence-corrected chi connectivity index (χ2v) is 8.42. The highest BCUT2D eigenvalue weighted by molar-refractivity contribution is 7.91. The summed E-state index contributed by atoms with van der Waals surface area (Å²) in [7, 11) is -3.02. The molecule has 0 aliphatic carbocycles. The third-order valence-electron chi connectivity index (χ3n) is 3.99. The predicted octanol–water partition coefficient (Wildman–Crippen LogP) is 2.04. The molecular weight excluding hydrogens is 305 g/mol. The summed E-state index contributed by atoms with van der Waals surface area (Å²) < 4.78 is 36.3. The lowest BCUT2D eigenvalue weighted by Crippen LogP contribution is -2.50. The lowest BCUT2D eigenvalue weighted by molar-refractivity contribution is -0.133. The van der Waals surface area contributed by atoms with Crippen molar-refractivity contribution >= 4 is 15.7 Å². The van der Waals surface area contributed by atoms with Gasteiger partial charge in [-0.3, -0.25) is 4.79 Å². The maximum Gasteiger partial charge on any atom is 0.223 e. The van der Waals surface area contributed by atoms with Crippen LogP contribution in [0, 0.1) is 11.7 Å². The summed E-state index contributed by atoms with van der Waals surface area (Å²) >= 11 is 0. The molecule has 1 aromatic carbocycles. The van der Waals surface area contributed by atoms with Crippen LogP contribution in [0.2, 0.25) is 0 Å². The van der Waals surface area contributed by atoms with Crippen molar-refractivity contribution in [2.24, 2.45) is 5.92 Å². The van der Waals surface area contributed by atoms with Gasteiger partial charge < -0.3 is 4.90 Å². The molecule has 1 aliphatic heterocycles. The van der Waals surface area contributed by atoms with Crippen molar-refractivity contribution in [3.8, 4) is 0 Å². The van der Waals surface area contributed by atoms with Crippen molar-refractivity contribution in [2.75, 3.05) is 18.1 Å². The van der Waals surface area contributed by atoms with Gasteiger partial charge in [-0.1, -0.05) is 19.1 Å². The number of benzene rings is 1. The second-order valence-electron chi connectivity index (χ2n) is 6.19. The zero-order valence-corrected chi connectivity index (χ0v) is 13.8. The number of amides is 1. The van der Waals surface area contributed by atoms with Gasteiger partial charge in [0.1, 0.15) is 5.82 Å². The van der Waals surface area contributed by atoms with Crippen molar-refractivity contribution in [3.05, 3.63) is 35.6 Å². The SMILES string of the molecule is C[C@@H](CC(=O)N1CCS(=O)(=O)C[C@@H]1C)Cc1cccc(F)c1.